The van der Waals surface area contributed by atoms with Crippen molar-refractivity contribution in [3.8, 4) is 0 Å². The Hall–Kier alpha value is -2.78. The lowest BCUT2D eigenvalue weighted by Crippen LogP contribution is -2.40. The van der Waals surface area contributed by atoms with Gasteiger partial charge in [0.25, 0.3) is 17.9 Å². The number of likely N-dealkylation sites (tertiary alicyclic amines) is 1. The molecule has 0 saturated carbocycles. The first-order valence-electron chi connectivity index (χ1n) is 8.97. The molecule has 1 saturated heterocycles. The topological polar surface area (TPSA) is 55.2 Å². The van der Waals surface area contributed by atoms with E-state index in [1.165, 1.54) is 21.6 Å². The van der Waals surface area contributed by atoms with Crippen LogP contribution < -0.4 is 5.56 Å². The molecule has 5 nitrogen and oxygen atoms in total. The van der Waals surface area contributed by atoms with Crippen molar-refractivity contribution in [1.29, 1.82) is 0 Å². The van der Waals surface area contributed by atoms with Crippen LogP contribution in [-0.4, -0.2) is 33.4 Å². The molecule has 0 unspecified atom stereocenters. The van der Waals surface area contributed by atoms with E-state index < -0.39 is 35.3 Å². The minimum absolute atomic E-state index is 0.0196. The van der Waals surface area contributed by atoms with Gasteiger partial charge in [-0.3, -0.25) is 14.2 Å². The second-order valence-electron chi connectivity index (χ2n) is 6.88. The van der Waals surface area contributed by atoms with Gasteiger partial charge in [-0.05, 0) is 30.9 Å². The predicted octanol–water partition coefficient (Wildman–Crippen LogP) is 3.75. The van der Waals surface area contributed by atoms with E-state index in [0.717, 1.165) is 24.5 Å². The number of rotatable bonds is 4. The molecule has 3 rings (SSSR count). The summed E-state index contributed by atoms with van der Waals surface area (Å²) in [5.41, 5.74) is -2.53. The van der Waals surface area contributed by atoms with Crippen molar-refractivity contribution >= 4 is 5.91 Å². The smallest absolute Gasteiger partial charge is 0.339 e. The fourth-order valence-corrected chi connectivity index (χ4v) is 3.38. The van der Waals surface area contributed by atoms with E-state index in [0.29, 0.717) is 12.8 Å². The zero-order valence-electron chi connectivity index (χ0n) is 15.2. The van der Waals surface area contributed by atoms with Gasteiger partial charge in [0, 0.05) is 25.7 Å². The van der Waals surface area contributed by atoms with Crippen LogP contribution in [0, 0.1) is 5.92 Å². The number of halogens is 5. The highest BCUT2D eigenvalue weighted by Crippen LogP contribution is 2.33. The number of amides is 1. The van der Waals surface area contributed by atoms with Crippen LogP contribution in [0.4, 0.5) is 22.0 Å². The molecule has 0 N–H and O–H groups in total. The fourth-order valence-electron chi connectivity index (χ4n) is 3.38. The van der Waals surface area contributed by atoms with Gasteiger partial charge in [-0.15, -0.1) is 0 Å². The highest BCUT2D eigenvalue weighted by molar-refractivity contribution is 5.96. The maximum Gasteiger partial charge on any atom is 0.417 e. The van der Waals surface area contributed by atoms with E-state index >= 15 is 0 Å². The summed E-state index contributed by atoms with van der Waals surface area (Å²) < 4.78 is 65.8. The molecule has 0 atom stereocenters. The van der Waals surface area contributed by atoms with Crippen molar-refractivity contribution < 1.29 is 26.7 Å². The average Bonchev–Trinajstić information content (AvgIpc) is 2.69. The molecule has 156 valence electrons. The summed E-state index contributed by atoms with van der Waals surface area (Å²) in [6.07, 6.45) is -5.43. The summed E-state index contributed by atoms with van der Waals surface area (Å²) >= 11 is 0. The number of hydrogen-bond donors (Lipinski definition) is 0. The van der Waals surface area contributed by atoms with E-state index in [2.05, 4.69) is 4.98 Å². The first-order chi connectivity index (χ1) is 13.7. The van der Waals surface area contributed by atoms with Crippen LogP contribution in [0.25, 0.3) is 0 Å². The molecule has 1 aromatic carbocycles. The summed E-state index contributed by atoms with van der Waals surface area (Å²) in [6.45, 7) is 0.733. The molecule has 1 aromatic heterocycles. The van der Waals surface area contributed by atoms with Crippen molar-refractivity contribution in [3.05, 3.63) is 63.8 Å². The molecular formula is C19H18F5N3O2. The van der Waals surface area contributed by atoms with E-state index in [-0.39, 0.29) is 31.1 Å². The van der Waals surface area contributed by atoms with Gasteiger partial charge in [-0.1, -0.05) is 12.1 Å². The van der Waals surface area contributed by atoms with Gasteiger partial charge in [0.2, 0.25) is 0 Å². The highest BCUT2D eigenvalue weighted by atomic mass is 19.4. The molecule has 29 heavy (non-hydrogen) atoms. The molecule has 1 fully saturated rings. The molecule has 1 aliphatic heterocycles. The van der Waals surface area contributed by atoms with Crippen LogP contribution in [0.2, 0.25) is 0 Å². The minimum atomic E-state index is -4.62. The fraction of sp³-hybridized carbons (Fsp3) is 0.421. The largest absolute Gasteiger partial charge is 0.417 e. The Morgan fingerprint density at radius 2 is 1.83 bits per heavy atom. The number of hydrogen-bond acceptors (Lipinski definition) is 3. The van der Waals surface area contributed by atoms with E-state index in [1.807, 2.05) is 0 Å². The maximum atomic E-state index is 13.1. The SMILES string of the molecule is O=C(c1ccccc1C(F)(F)F)N1CCC(Cn2cnc(C(F)F)cc2=O)CC1. The van der Waals surface area contributed by atoms with Gasteiger partial charge >= 0.3 is 6.18 Å². The second kappa shape index (κ2) is 8.30. The van der Waals surface area contributed by atoms with Crippen LogP contribution in [0.5, 0.6) is 0 Å². The molecule has 0 spiro atoms. The Morgan fingerprint density at radius 1 is 1.17 bits per heavy atom. The molecule has 1 aliphatic rings. The number of piperidine rings is 1. The molecule has 1 amide bonds. The molecule has 0 radical (unpaired) electrons. The number of alkyl halides is 5. The lowest BCUT2D eigenvalue weighted by molar-refractivity contribution is -0.138. The third-order valence-electron chi connectivity index (χ3n) is 4.94. The molecule has 0 aliphatic carbocycles. The normalized spacial score (nSPS) is 15.7. The lowest BCUT2D eigenvalue weighted by atomic mass is 9.95. The van der Waals surface area contributed by atoms with Crippen LogP contribution in [0.1, 0.15) is 40.9 Å². The summed E-state index contributed by atoms with van der Waals surface area (Å²) in [5.74, 6) is -0.703. The first-order valence-corrected chi connectivity index (χ1v) is 8.97. The van der Waals surface area contributed by atoms with E-state index in [1.54, 1.807) is 0 Å². The molecule has 2 aromatic rings. The van der Waals surface area contributed by atoms with Crippen molar-refractivity contribution in [2.45, 2.75) is 32.0 Å². The number of benzene rings is 1. The van der Waals surface area contributed by atoms with Gasteiger partial charge in [-0.2, -0.15) is 13.2 Å². The Kier molecular flexibility index (Phi) is 5.99. The van der Waals surface area contributed by atoms with Crippen molar-refractivity contribution in [2.75, 3.05) is 13.1 Å². The molecule has 0 bridgehead atoms. The summed E-state index contributed by atoms with van der Waals surface area (Å²) in [7, 11) is 0. The summed E-state index contributed by atoms with van der Waals surface area (Å²) in [6, 6.07) is 5.45. The summed E-state index contributed by atoms with van der Waals surface area (Å²) in [4.78, 5) is 29.4. The van der Waals surface area contributed by atoms with Crippen LogP contribution >= 0.6 is 0 Å². The number of aromatic nitrogens is 2. The van der Waals surface area contributed by atoms with Crippen molar-refractivity contribution in [3.63, 3.8) is 0 Å². The predicted molar refractivity (Wildman–Crippen MR) is 93.5 cm³/mol. The molecular weight excluding hydrogens is 397 g/mol. The highest BCUT2D eigenvalue weighted by Gasteiger charge is 2.36. The monoisotopic (exact) mass is 415 g/mol. The van der Waals surface area contributed by atoms with Crippen LogP contribution in [0.3, 0.4) is 0 Å². The summed E-state index contributed by atoms with van der Waals surface area (Å²) in [5, 5.41) is 0. The maximum absolute atomic E-state index is 13.1. The van der Waals surface area contributed by atoms with Gasteiger partial charge in [0.05, 0.1) is 17.5 Å². The van der Waals surface area contributed by atoms with Gasteiger partial charge in [0.1, 0.15) is 5.69 Å². The van der Waals surface area contributed by atoms with Crippen LogP contribution in [-0.2, 0) is 12.7 Å². The van der Waals surface area contributed by atoms with E-state index in [4.69, 9.17) is 0 Å². The van der Waals surface area contributed by atoms with Crippen LogP contribution in [0.15, 0.2) is 41.5 Å². The Morgan fingerprint density at radius 3 is 2.41 bits per heavy atom. The molecule has 10 heteroatoms. The first kappa shape index (κ1) is 20.9. The number of carbonyl (C=O) groups is 1. The quantitative estimate of drug-likeness (QED) is 0.715. The zero-order valence-corrected chi connectivity index (χ0v) is 15.2. The van der Waals surface area contributed by atoms with Crippen molar-refractivity contribution in [2.24, 2.45) is 5.92 Å². The average molecular weight is 415 g/mol. The van der Waals surface area contributed by atoms with Gasteiger partial charge in [-0.25, -0.2) is 13.8 Å². The zero-order chi connectivity index (χ0) is 21.2. The minimum Gasteiger partial charge on any atom is -0.339 e. The third-order valence-corrected chi connectivity index (χ3v) is 4.94. The van der Waals surface area contributed by atoms with Crippen molar-refractivity contribution in [1.82, 2.24) is 14.5 Å². The second-order valence-corrected chi connectivity index (χ2v) is 6.88. The lowest BCUT2D eigenvalue weighted by Gasteiger charge is -2.32. The Bertz CT molecular complexity index is 934. The Balaban J connectivity index is 1.64. The molecule has 2 heterocycles. The Labute approximate surface area is 162 Å². The number of carbonyl (C=O) groups excluding carboxylic acids is 1. The number of nitrogens with zero attached hydrogens (tertiary/aromatic N) is 3. The standard InChI is InChI=1S/C19H18F5N3O2/c20-17(21)15-9-16(28)27(11-25-15)10-12-5-7-26(8-6-12)18(29)13-3-1-2-4-14(13)19(22,23)24/h1-4,9,11-12,17H,5-8,10H2. The van der Waals surface area contributed by atoms with Gasteiger partial charge in [0.15, 0.2) is 0 Å². The van der Waals surface area contributed by atoms with Gasteiger partial charge < -0.3 is 4.90 Å². The van der Waals surface area contributed by atoms with E-state index in [9.17, 15) is 31.5 Å². The third kappa shape index (κ3) is 4.80.